The second kappa shape index (κ2) is 18.9. The van der Waals surface area contributed by atoms with E-state index >= 15 is 8.78 Å². The summed E-state index contributed by atoms with van der Waals surface area (Å²) in [6.45, 7) is 2.90. The van der Waals surface area contributed by atoms with Gasteiger partial charge in [0.15, 0.2) is 0 Å². The molecule has 0 fully saturated rings. The van der Waals surface area contributed by atoms with Crippen LogP contribution in [0.5, 0.6) is 5.75 Å². The van der Waals surface area contributed by atoms with Gasteiger partial charge in [-0.25, -0.2) is 9.59 Å². The van der Waals surface area contributed by atoms with Gasteiger partial charge in [0, 0.05) is 18.5 Å². The summed E-state index contributed by atoms with van der Waals surface area (Å²) in [7, 11) is -3.52. The normalized spacial score (nSPS) is 12.1. The molecular formula is C34H41F2N2O9P. The zero-order valence-corrected chi connectivity index (χ0v) is 28.0. The van der Waals surface area contributed by atoms with Gasteiger partial charge >= 0.3 is 25.3 Å². The summed E-state index contributed by atoms with van der Waals surface area (Å²) in [5, 5.41) is 5.33. The molecule has 3 aromatic carbocycles. The van der Waals surface area contributed by atoms with Gasteiger partial charge in [-0.1, -0.05) is 66.7 Å². The number of hydrogen-bond acceptors (Lipinski definition) is 9. The van der Waals surface area contributed by atoms with Crippen LogP contribution in [0.25, 0.3) is 0 Å². The molecule has 0 saturated heterocycles. The molecule has 0 radical (unpaired) electrons. The average molecular weight is 691 g/mol. The lowest BCUT2D eigenvalue weighted by Crippen LogP contribution is -2.48. The van der Waals surface area contributed by atoms with Crippen molar-refractivity contribution in [2.75, 3.05) is 33.5 Å². The minimum atomic E-state index is -4.80. The van der Waals surface area contributed by atoms with Crippen molar-refractivity contribution in [3.8, 4) is 5.75 Å². The third-order valence-electron chi connectivity index (χ3n) is 6.92. The molecule has 1 atom stereocenters. The van der Waals surface area contributed by atoms with Crippen molar-refractivity contribution in [1.29, 1.82) is 0 Å². The highest BCUT2D eigenvalue weighted by Crippen LogP contribution is 2.66. The van der Waals surface area contributed by atoms with Crippen molar-refractivity contribution in [1.82, 2.24) is 10.6 Å². The Morgan fingerprint density at radius 1 is 0.854 bits per heavy atom. The number of carbonyl (C=O) groups excluding carboxylic acids is 3. The zero-order valence-electron chi connectivity index (χ0n) is 27.1. The van der Waals surface area contributed by atoms with E-state index in [0.717, 1.165) is 17.7 Å². The van der Waals surface area contributed by atoms with E-state index < -0.39 is 42.8 Å². The topological polar surface area (TPSA) is 138 Å². The van der Waals surface area contributed by atoms with E-state index in [9.17, 15) is 18.9 Å². The second-order valence-corrected chi connectivity index (χ2v) is 12.4. The van der Waals surface area contributed by atoms with Gasteiger partial charge in [0.1, 0.15) is 24.0 Å². The van der Waals surface area contributed by atoms with Crippen LogP contribution in [-0.4, -0.2) is 57.5 Å². The lowest BCUT2D eigenvalue weighted by molar-refractivity contribution is -0.123. The fourth-order valence-corrected chi connectivity index (χ4v) is 6.05. The summed E-state index contributed by atoms with van der Waals surface area (Å²) >= 11 is 0. The average Bonchev–Trinajstić information content (AvgIpc) is 3.09. The highest BCUT2D eigenvalue weighted by molar-refractivity contribution is 7.54. The van der Waals surface area contributed by atoms with Crippen LogP contribution in [-0.2, 0) is 46.6 Å². The molecular weight excluding hydrogens is 649 g/mol. The summed E-state index contributed by atoms with van der Waals surface area (Å²) in [5.74, 6) is -0.651. The van der Waals surface area contributed by atoms with E-state index in [1.165, 1.54) is 33.1 Å². The fraction of sp³-hybridized carbons (Fsp3) is 0.382. The molecule has 0 aromatic heterocycles. The van der Waals surface area contributed by atoms with Gasteiger partial charge in [0.05, 0.1) is 26.9 Å². The Hall–Kier alpha value is -4.32. The van der Waals surface area contributed by atoms with Crippen LogP contribution in [0.4, 0.5) is 13.6 Å². The Bertz CT molecular complexity index is 1510. The Balaban J connectivity index is 1.63. The van der Waals surface area contributed by atoms with E-state index in [-0.39, 0.29) is 39.4 Å². The van der Waals surface area contributed by atoms with Crippen molar-refractivity contribution in [2.45, 2.75) is 51.4 Å². The molecule has 0 bridgehead atoms. The van der Waals surface area contributed by atoms with Crippen molar-refractivity contribution in [3.63, 3.8) is 0 Å². The van der Waals surface area contributed by atoms with Gasteiger partial charge in [0.2, 0.25) is 5.91 Å². The third-order valence-corrected chi connectivity index (χ3v) is 9.07. The van der Waals surface area contributed by atoms with Crippen molar-refractivity contribution in [2.24, 2.45) is 0 Å². The Morgan fingerprint density at radius 2 is 1.50 bits per heavy atom. The second-order valence-electron chi connectivity index (χ2n) is 10.4. The van der Waals surface area contributed by atoms with E-state index in [1.807, 2.05) is 6.07 Å². The summed E-state index contributed by atoms with van der Waals surface area (Å²) < 4.78 is 68.8. The number of para-hydroxylation sites is 1. The van der Waals surface area contributed by atoms with Crippen LogP contribution in [0.1, 0.15) is 53.7 Å². The Kier molecular flexibility index (Phi) is 15.0. The van der Waals surface area contributed by atoms with Crippen LogP contribution in [0, 0.1) is 0 Å². The van der Waals surface area contributed by atoms with Gasteiger partial charge < -0.3 is 33.9 Å². The number of benzene rings is 3. The highest BCUT2D eigenvalue weighted by Gasteiger charge is 2.54. The number of alkyl carbamates (subject to hydrolysis) is 1. The molecule has 3 aromatic rings. The standard InChI is InChI=1S/C34H41F2N2O9P/c1-4-46-48(42,47-5-2)34(35,36)27-19-17-25(18-20-27)23-29(38-33(41)45-24-26-13-7-6-8-14-26)31(39)37-21-11-12-22-44-30-16-10-9-15-28(30)32(40)43-3/h6-10,13-20,29H,4-5,11-12,21-24H2,1-3H3,(H,37,39)(H,38,41). The number of carbonyl (C=O) groups is 3. The predicted molar refractivity (Wildman–Crippen MR) is 174 cm³/mol. The molecule has 0 saturated carbocycles. The predicted octanol–water partition coefficient (Wildman–Crippen LogP) is 6.60. The van der Waals surface area contributed by atoms with Gasteiger partial charge in [0.25, 0.3) is 0 Å². The number of rotatable bonds is 19. The first-order chi connectivity index (χ1) is 23.0. The van der Waals surface area contributed by atoms with Gasteiger partial charge in [-0.2, -0.15) is 8.78 Å². The van der Waals surface area contributed by atoms with E-state index in [2.05, 4.69) is 10.6 Å². The van der Waals surface area contributed by atoms with Gasteiger partial charge in [-0.05, 0) is 49.9 Å². The largest absolute Gasteiger partial charge is 0.493 e. The Morgan fingerprint density at radius 3 is 2.15 bits per heavy atom. The van der Waals surface area contributed by atoms with Crippen molar-refractivity contribution in [3.05, 3.63) is 101 Å². The molecule has 0 spiro atoms. The fourth-order valence-electron chi connectivity index (χ4n) is 4.51. The number of alkyl halides is 2. The number of nitrogens with one attached hydrogen (secondary N) is 2. The number of ether oxygens (including phenoxy) is 3. The smallest absolute Gasteiger partial charge is 0.408 e. The maximum absolute atomic E-state index is 15.2. The Labute approximate surface area is 278 Å². The maximum atomic E-state index is 15.2. The molecule has 0 aliphatic heterocycles. The lowest BCUT2D eigenvalue weighted by atomic mass is 10.0. The highest BCUT2D eigenvalue weighted by atomic mass is 31.2. The molecule has 260 valence electrons. The molecule has 0 aliphatic rings. The SMILES string of the molecule is CCOP(=O)(OCC)C(F)(F)c1ccc(CC(NC(=O)OCc2ccccc2)C(=O)NCCCCOc2ccccc2C(=O)OC)cc1. The molecule has 1 unspecified atom stereocenters. The van der Waals surface area contributed by atoms with Crippen LogP contribution >= 0.6 is 7.60 Å². The number of halogens is 2. The first-order valence-corrected chi connectivity index (χ1v) is 17.0. The number of unbranched alkanes of at least 4 members (excludes halogenated alkanes) is 1. The van der Waals surface area contributed by atoms with E-state index in [0.29, 0.717) is 29.7 Å². The quantitative estimate of drug-likeness (QED) is 0.0809. The summed E-state index contributed by atoms with van der Waals surface area (Å²) in [4.78, 5) is 37.8. The van der Waals surface area contributed by atoms with Crippen LogP contribution < -0.4 is 15.4 Å². The number of amides is 2. The van der Waals surface area contributed by atoms with Crippen molar-refractivity contribution < 1.29 is 51.0 Å². The minimum Gasteiger partial charge on any atom is -0.493 e. The van der Waals surface area contributed by atoms with Crippen molar-refractivity contribution >= 4 is 25.6 Å². The molecule has 3 rings (SSSR count). The number of esters is 1. The molecule has 0 aliphatic carbocycles. The minimum absolute atomic E-state index is 0.0242. The van der Waals surface area contributed by atoms with E-state index in [4.69, 9.17) is 23.3 Å². The van der Waals surface area contributed by atoms with Gasteiger partial charge in [-0.3, -0.25) is 9.36 Å². The number of methoxy groups -OCH3 is 1. The van der Waals surface area contributed by atoms with Gasteiger partial charge in [-0.15, -0.1) is 0 Å². The lowest BCUT2D eigenvalue weighted by Gasteiger charge is -2.26. The van der Waals surface area contributed by atoms with Crippen LogP contribution in [0.3, 0.4) is 0 Å². The first kappa shape index (κ1) is 38.1. The molecule has 14 heteroatoms. The molecule has 0 heterocycles. The zero-order chi connectivity index (χ0) is 35.0. The third kappa shape index (κ3) is 10.9. The summed E-state index contributed by atoms with van der Waals surface area (Å²) in [5.41, 5.74) is -3.00. The molecule has 11 nitrogen and oxygen atoms in total. The maximum Gasteiger partial charge on any atom is 0.408 e. The molecule has 2 N–H and O–H groups in total. The number of hydrogen-bond donors (Lipinski definition) is 2. The van der Waals surface area contributed by atoms with Crippen LogP contribution in [0.15, 0.2) is 78.9 Å². The summed E-state index contributed by atoms with van der Waals surface area (Å²) in [6, 6.07) is 19.4. The summed E-state index contributed by atoms with van der Waals surface area (Å²) in [6.07, 6.45) is 0.158. The monoisotopic (exact) mass is 690 g/mol. The molecule has 48 heavy (non-hydrogen) atoms. The van der Waals surface area contributed by atoms with Crippen LogP contribution in [0.2, 0.25) is 0 Å². The first-order valence-electron chi connectivity index (χ1n) is 15.5. The van der Waals surface area contributed by atoms with E-state index in [1.54, 1.807) is 48.5 Å². The molecule has 2 amide bonds.